The molecule has 1 atom stereocenters. The lowest BCUT2D eigenvalue weighted by Gasteiger charge is -2.41. The van der Waals surface area contributed by atoms with Crippen molar-refractivity contribution in [2.24, 2.45) is 0 Å². The van der Waals surface area contributed by atoms with E-state index in [1.54, 1.807) is 18.2 Å². The Hall–Kier alpha value is -1.26. The van der Waals surface area contributed by atoms with Crippen molar-refractivity contribution < 1.29 is 14.9 Å². The smallest absolute Gasteiger partial charge is 0.124 e. The summed E-state index contributed by atoms with van der Waals surface area (Å²) in [5, 5.41) is 19.8. The summed E-state index contributed by atoms with van der Waals surface area (Å²) in [5.74, 6) is 0.290. The average molecular weight is 251 g/mol. The maximum atomic E-state index is 9.90. The van der Waals surface area contributed by atoms with E-state index in [1.807, 2.05) is 6.92 Å². The number of ether oxygens (including phenoxy) is 1. The van der Waals surface area contributed by atoms with Crippen LogP contribution in [0.4, 0.5) is 0 Å². The van der Waals surface area contributed by atoms with Crippen molar-refractivity contribution in [1.29, 1.82) is 0 Å². The predicted octanol–water partition coefficient (Wildman–Crippen LogP) is 2.27. The fourth-order valence-corrected chi connectivity index (χ4v) is 2.54. The zero-order chi connectivity index (χ0) is 13.3. The molecule has 0 saturated carbocycles. The molecular formula is C14H21NO3. The second-order valence-electron chi connectivity index (χ2n) is 5.46. The van der Waals surface area contributed by atoms with Gasteiger partial charge in [0.2, 0.25) is 0 Å². The first-order chi connectivity index (χ1) is 8.41. The number of phenolic OH excluding ortho intramolecular Hbond substituents is 2. The molecule has 1 aliphatic heterocycles. The van der Waals surface area contributed by atoms with Gasteiger partial charge in [0.05, 0.1) is 17.8 Å². The molecule has 0 aliphatic carbocycles. The fourth-order valence-electron chi connectivity index (χ4n) is 2.54. The van der Waals surface area contributed by atoms with Crippen LogP contribution in [0.2, 0.25) is 0 Å². The number of rotatable bonds is 2. The van der Waals surface area contributed by atoms with Crippen LogP contribution in [0, 0.1) is 0 Å². The Kier molecular flexibility index (Phi) is 3.50. The maximum absolute atomic E-state index is 9.90. The summed E-state index contributed by atoms with van der Waals surface area (Å²) in [6.45, 7) is 8.36. The van der Waals surface area contributed by atoms with E-state index in [1.165, 1.54) is 0 Å². The zero-order valence-corrected chi connectivity index (χ0v) is 11.2. The molecule has 1 unspecified atom stereocenters. The van der Waals surface area contributed by atoms with Gasteiger partial charge in [0, 0.05) is 19.1 Å². The van der Waals surface area contributed by atoms with Gasteiger partial charge in [-0.25, -0.2) is 0 Å². The van der Waals surface area contributed by atoms with Gasteiger partial charge in [-0.2, -0.15) is 0 Å². The Labute approximate surface area is 108 Å². The van der Waals surface area contributed by atoms with Crippen LogP contribution in [0.5, 0.6) is 11.5 Å². The number of morpholine rings is 1. The molecule has 1 aromatic rings. The minimum Gasteiger partial charge on any atom is -0.507 e. The van der Waals surface area contributed by atoms with E-state index in [4.69, 9.17) is 4.74 Å². The second kappa shape index (κ2) is 4.78. The average Bonchev–Trinajstić information content (AvgIpc) is 2.27. The molecule has 4 heteroatoms. The maximum Gasteiger partial charge on any atom is 0.124 e. The SMILES string of the molecule is CC(c1c(O)cccc1O)N1CCOC(C)(C)C1. The summed E-state index contributed by atoms with van der Waals surface area (Å²) in [4.78, 5) is 2.22. The molecule has 18 heavy (non-hydrogen) atoms. The van der Waals surface area contributed by atoms with E-state index in [9.17, 15) is 10.2 Å². The van der Waals surface area contributed by atoms with Crippen molar-refractivity contribution in [3.8, 4) is 11.5 Å². The van der Waals surface area contributed by atoms with Crippen LogP contribution in [0.3, 0.4) is 0 Å². The van der Waals surface area contributed by atoms with Crippen LogP contribution in [0.25, 0.3) is 0 Å². The highest BCUT2D eigenvalue weighted by Crippen LogP contribution is 2.36. The molecule has 4 nitrogen and oxygen atoms in total. The van der Waals surface area contributed by atoms with Gasteiger partial charge >= 0.3 is 0 Å². The van der Waals surface area contributed by atoms with Crippen molar-refractivity contribution in [2.45, 2.75) is 32.4 Å². The number of aromatic hydroxyl groups is 2. The molecule has 1 aromatic carbocycles. The third kappa shape index (κ3) is 2.60. The molecule has 1 fully saturated rings. The lowest BCUT2D eigenvalue weighted by Crippen LogP contribution is -2.48. The van der Waals surface area contributed by atoms with Crippen molar-refractivity contribution in [2.75, 3.05) is 19.7 Å². The van der Waals surface area contributed by atoms with E-state index in [-0.39, 0.29) is 23.1 Å². The second-order valence-corrected chi connectivity index (χ2v) is 5.46. The Balaban J connectivity index is 2.23. The Morgan fingerprint density at radius 3 is 2.44 bits per heavy atom. The van der Waals surface area contributed by atoms with Crippen LogP contribution in [0.1, 0.15) is 32.4 Å². The zero-order valence-electron chi connectivity index (χ0n) is 11.2. The van der Waals surface area contributed by atoms with Crippen molar-refractivity contribution in [3.05, 3.63) is 23.8 Å². The van der Waals surface area contributed by atoms with E-state index < -0.39 is 0 Å². The lowest BCUT2D eigenvalue weighted by atomic mass is 10.0. The molecular weight excluding hydrogens is 230 g/mol. The van der Waals surface area contributed by atoms with Crippen LogP contribution >= 0.6 is 0 Å². The molecule has 2 rings (SSSR count). The third-order valence-corrected chi connectivity index (χ3v) is 3.48. The Morgan fingerprint density at radius 1 is 1.28 bits per heavy atom. The van der Waals surface area contributed by atoms with Gasteiger partial charge in [-0.1, -0.05) is 6.07 Å². The minimum atomic E-state index is -0.188. The van der Waals surface area contributed by atoms with Crippen molar-refractivity contribution in [1.82, 2.24) is 4.90 Å². The van der Waals surface area contributed by atoms with Gasteiger partial charge in [-0.05, 0) is 32.9 Å². The molecule has 0 bridgehead atoms. The highest BCUT2D eigenvalue weighted by atomic mass is 16.5. The molecule has 1 heterocycles. The molecule has 0 spiro atoms. The molecule has 0 amide bonds. The fraction of sp³-hybridized carbons (Fsp3) is 0.571. The summed E-state index contributed by atoms with van der Waals surface area (Å²) in [6, 6.07) is 4.83. The van der Waals surface area contributed by atoms with Gasteiger partial charge in [0.1, 0.15) is 11.5 Å². The molecule has 0 aromatic heterocycles. The highest BCUT2D eigenvalue weighted by Gasteiger charge is 2.31. The summed E-state index contributed by atoms with van der Waals surface area (Å²) in [6.07, 6.45) is 0. The van der Waals surface area contributed by atoms with Crippen LogP contribution < -0.4 is 0 Å². The first kappa shape index (κ1) is 13.2. The summed E-state index contributed by atoms with van der Waals surface area (Å²) in [5.41, 5.74) is 0.405. The van der Waals surface area contributed by atoms with E-state index in [0.717, 1.165) is 13.1 Å². The first-order valence-corrected chi connectivity index (χ1v) is 6.29. The highest BCUT2D eigenvalue weighted by molar-refractivity contribution is 5.45. The van der Waals surface area contributed by atoms with Crippen molar-refractivity contribution >= 4 is 0 Å². The quantitative estimate of drug-likeness (QED) is 0.846. The molecule has 2 N–H and O–H groups in total. The van der Waals surface area contributed by atoms with Gasteiger partial charge in [0.15, 0.2) is 0 Å². The lowest BCUT2D eigenvalue weighted by molar-refractivity contribution is -0.0962. The number of benzene rings is 1. The van der Waals surface area contributed by atoms with Gasteiger partial charge in [-0.15, -0.1) is 0 Å². The number of phenols is 2. The molecule has 1 aliphatic rings. The molecule has 0 radical (unpaired) electrons. The number of hydrogen-bond donors (Lipinski definition) is 2. The molecule has 100 valence electrons. The largest absolute Gasteiger partial charge is 0.507 e. The standard InChI is InChI=1S/C14H21NO3/c1-10(13-11(16)5-4-6-12(13)17)15-7-8-18-14(2,3)9-15/h4-6,10,16-17H,7-9H2,1-3H3. The monoisotopic (exact) mass is 251 g/mol. The number of nitrogens with zero attached hydrogens (tertiary/aromatic N) is 1. The van der Waals surface area contributed by atoms with Gasteiger partial charge in [-0.3, -0.25) is 4.90 Å². The van der Waals surface area contributed by atoms with E-state index >= 15 is 0 Å². The third-order valence-electron chi connectivity index (χ3n) is 3.48. The topological polar surface area (TPSA) is 52.9 Å². The first-order valence-electron chi connectivity index (χ1n) is 6.29. The Morgan fingerprint density at radius 2 is 1.89 bits per heavy atom. The van der Waals surface area contributed by atoms with Gasteiger partial charge in [0.25, 0.3) is 0 Å². The van der Waals surface area contributed by atoms with Crippen molar-refractivity contribution in [3.63, 3.8) is 0 Å². The van der Waals surface area contributed by atoms with Crippen LogP contribution in [0.15, 0.2) is 18.2 Å². The van der Waals surface area contributed by atoms with E-state index in [2.05, 4.69) is 18.7 Å². The van der Waals surface area contributed by atoms with Crippen LogP contribution in [-0.4, -0.2) is 40.4 Å². The normalized spacial score (nSPS) is 21.7. The number of hydrogen-bond acceptors (Lipinski definition) is 4. The summed E-state index contributed by atoms with van der Waals surface area (Å²) < 4.78 is 5.68. The predicted molar refractivity (Wildman–Crippen MR) is 69.8 cm³/mol. The Bertz CT molecular complexity index is 411. The summed E-state index contributed by atoms with van der Waals surface area (Å²) >= 11 is 0. The van der Waals surface area contributed by atoms with E-state index in [0.29, 0.717) is 12.2 Å². The summed E-state index contributed by atoms with van der Waals surface area (Å²) in [7, 11) is 0. The van der Waals surface area contributed by atoms with Crippen LogP contribution in [-0.2, 0) is 4.74 Å². The molecule has 1 saturated heterocycles. The van der Waals surface area contributed by atoms with Gasteiger partial charge < -0.3 is 14.9 Å². The minimum absolute atomic E-state index is 0.0330.